The molecule has 0 amide bonds. The quantitative estimate of drug-likeness (QED) is 0.512. The Bertz CT molecular complexity index is 616. The number of nitrogens with zero attached hydrogens (tertiary/aromatic N) is 1. The van der Waals surface area contributed by atoms with Crippen molar-refractivity contribution in [2.75, 3.05) is 0 Å². The van der Waals surface area contributed by atoms with Gasteiger partial charge in [-0.2, -0.15) is 0 Å². The molecule has 1 N–H and O–H groups in total. The lowest BCUT2D eigenvalue weighted by atomic mass is 10.2. The number of carboxylic acids is 1. The van der Waals surface area contributed by atoms with Crippen molar-refractivity contribution in [3.63, 3.8) is 0 Å². The van der Waals surface area contributed by atoms with Crippen LogP contribution in [-0.2, 0) is 4.79 Å². The Labute approximate surface area is 116 Å². The van der Waals surface area contributed by atoms with Crippen LogP contribution in [0.1, 0.15) is 5.56 Å². The maximum atomic E-state index is 10.4. The standard InChI is InChI=1S/C16H13NO3/c18-16(19)11-8-13-6-9-14(10-7-13)17-12-20-15-4-2-1-3-5-15/h1-12H,(H,18,19)/b11-8+,17-12?. The van der Waals surface area contributed by atoms with Crippen LogP contribution < -0.4 is 4.74 Å². The number of hydrogen-bond donors (Lipinski definition) is 1. The number of carbonyl (C=O) groups is 1. The van der Waals surface area contributed by atoms with E-state index >= 15 is 0 Å². The first-order chi connectivity index (χ1) is 9.74. The molecule has 20 heavy (non-hydrogen) atoms. The molecule has 2 rings (SSSR count). The molecule has 4 nitrogen and oxygen atoms in total. The van der Waals surface area contributed by atoms with Gasteiger partial charge < -0.3 is 9.84 Å². The Morgan fingerprint density at radius 3 is 2.40 bits per heavy atom. The smallest absolute Gasteiger partial charge is 0.328 e. The van der Waals surface area contributed by atoms with E-state index in [4.69, 9.17) is 9.84 Å². The van der Waals surface area contributed by atoms with E-state index in [0.717, 1.165) is 23.1 Å². The highest BCUT2D eigenvalue weighted by molar-refractivity contribution is 5.85. The summed E-state index contributed by atoms with van der Waals surface area (Å²) in [5.74, 6) is -0.249. The molecule has 0 radical (unpaired) electrons. The number of benzene rings is 2. The summed E-state index contributed by atoms with van der Waals surface area (Å²) in [6.07, 6.45) is 3.99. The van der Waals surface area contributed by atoms with E-state index in [2.05, 4.69) is 4.99 Å². The molecule has 0 aromatic heterocycles. The van der Waals surface area contributed by atoms with Gasteiger partial charge in [0.15, 0.2) is 6.40 Å². The zero-order chi connectivity index (χ0) is 14.2. The molecule has 0 atom stereocenters. The molecule has 0 saturated heterocycles. The van der Waals surface area contributed by atoms with Crippen molar-refractivity contribution in [2.24, 2.45) is 4.99 Å². The fourth-order valence-corrected chi connectivity index (χ4v) is 1.49. The third-order valence-electron chi connectivity index (χ3n) is 2.45. The van der Waals surface area contributed by atoms with Crippen molar-refractivity contribution < 1.29 is 14.6 Å². The first-order valence-electron chi connectivity index (χ1n) is 5.99. The fraction of sp³-hybridized carbons (Fsp3) is 0. The van der Waals surface area contributed by atoms with Gasteiger partial charge in [-0.1, -0.05) is 30.3 Å². The molecule has 0 fully saturated rings. The van der Waals surface area contributed by atoms with Crippen LogP contribution in [0.2, 0.25) is 0 Å². The highest BCUT2D eigenvalue weighted by atomic mass is 16.5. The lowest BCUT2D eigenvalue weighted by Gasteiger charge is -1.98. The maximum absolute atomic E-state index is 10.4. The fourth-order valence-electron chi connectivity index (χ4n) is 1.49. The normalized spacial score (nSPS) is 11.0. The summed E-state index contributed by atoms with van der Waals surface area (Å²) in [4.78, 5) is 14.5. The Kier molecular flexibility index (Phi) is 4.67. The molecule has 0 aliphatic carbocycles. The minimum Gasteiger partial charge on any atom is -0.478 e. The van der Waals surface area contributed by atoms with Crippen LogP contribution in [0.25, 0.3) is 6.08 Å². The molecule has 0 spiro atoms. The van der Waals surface area contributed by atoms with E-state index in [-0.39, 0.29) is 0 Å². The van der Waals surface area contributed by atoms with Crippen LogP contribution in [0.5, 0.6) is 5.75 Å². The summed E-state index contributed by atoms with van der Waals surface area (Å²) in [5.41, 5.74) is 1.53. The topological polar surface area (TPSA) is 58.9 Å². The number of aliphatic imine (C=N–C) groups is 1. The van der Waals surface area contributed by atoms with Crippen LogP contribution in [0.3, 0.4) is 0 Å². The monoisotopic (exact) mass is 267 g/mol. The van der Waals surface area contributed by atoms with Crippen molar-refractivity contribution in [3.8, 4) is 5.75 Å². The third-order valence-corrected chi connectivity index (χ3v) is 2.45. The van der Waals surface area contributed by atoms with Crippen LogP contribution in [-0.4, -0.2) is 17.5 Å². The van der Waals surface area contributed by atoms with Crippen molar-refractivity contribution in [2.45, 2.75) is 0 Å². The summed E-state index contributed by atoms with van der Waals surface area (Å²) in [7, 11) is 0. The average Bonchev–Trinajstić information content (AvgIpc) is 2.47. The minimum absolute atomic E-state index is 0.720. The summed E-state index contributed by atoms with van der Waals surface area (Å²) < 4.78 is 5.34. The molecule has 0 aliphatic rings. The maximum Gasteiger partial charge on any atom is 0.328 e. The van der Waals surface area contributed by atoms with Crippen LogP contribution in [0, 0.1) is 0 Å². The van der Waals surface area contributed by atoms with E-state index < -0.39 is 5.97 Å². The van der Waals surface area contributed by atoms with Gasteiger partial charge in [0, 0.05) is 6.08 Å². The molecule has 4 heteroatoms. The van der Waals surface area contributed by atoms with Gasteiger partial charge in [0.25, 0.3) is 0 Å². The molecule has 100 valence electrons. The highest BCUT2D eigenvalue weighted by Crippen LogP contribution is 2.14. The van der Waals surface area contributed by atoms with Gasteiger partial charge in [-0.3, -0.25) is 0 Å². The first-order valence-corrected chi connectivity index (χ1v) is 5.99. The SMILES string of the molecule is O=C(O)/C=C/c1ccc(N=COc2ccccc2)cc1. The van der Waals surface area contributed by atoms with Gasteiger partial charge in [0.2, 0.25) is 0 Å². The molecule has 0 bridgehead atoms. The van der Waals surface area contributed by atoms with Crippen molar-refractivity contribution >= 4 is 24.1 Å². The largest absolute Gasteiger partial charge is 0.478 e. The Morgan fingerprint density at radius 2 is 1.75 bits per heavy atom. The number of ether oxygens (including phenoxy) is 1. The van der Waals surface area contributed by atoms with Crippen molar-refractivity contribution in [1.29, 1.82) is 0 Å². The first kappa shape index (κ1) is 13.5. The van der Waals surface area contributed by atoms with E-state index in [1.807, 2.05) is 30.3 Å². The summed E-state index contributed by atoms with van der Waals surface area (Å²) in [6, 6.07) is 16.5. The van der Waals surface area contributed by atoms with Gasteiger partial charge in [0.1, 0.15) is 5.75 Å². The molecule has 0 aliphatic heterocycles. The van der Waals surface area contributed by atoms with Crippen LogP contribution in [0.15, 0.2) is 65.7 Å². The van der Waals surface area contributed by atoms with E-state index in [1.165, 1.54) is 12.5 Å². The second-order valence-electron chi connectivity index (χ2n) is 3.93. The van der Waals surface area contributed by atoms with Gasteiger partial charge in [0.05, 0.1) is 5.69 Å². The van der Waals surface area contributed by atoms with Gasteiger partial charge in [-0.15, -0.1) is 0 Å². The van der Waals surface area contributed by atoms with Crippen molar-refractivity contribution in [3.05, 3.63) is 66.2 Å². The Balaban J connectivity index is 1.95. The van der Waals surface area contributed by atoms with Crippen LogP contribution >= 0.6 is 0 Å². The molecule has 0 heterocycles. The molecule has 0 unspecified atom stereocenters. The lowest BCUT2D eigenvalue weighted by Crippen LogP contribution is -1.88. The molecular formula is C16H13NO3. The summed E-state index contributed by atoms with van der Waals surface area (Å²) in [6.45, 7) is 0. The molecule has 2 aromatic carbocycles. The summed E-state index contributed by atoms with van der Waals surface area (Å²) >= 11 is 0. The van der Waals surface area contributed by atoms with Crippen LogP contribution in [0.4, 0.5) is 5.69 Å². The average molecular weight is 267 g/mol. The van der Waals surface area contributed by atoms with Gasteiger partial charge >= 0.3 is 5.97 Å². The predicted octanol–water partition coefficient (Wildman–Crippen LogP) is 3.52. The van der Waals surface area contributed by atoms with E-state index in [0.29, 0.717) is 0 Å². The zero-order valence-electron chi connectivity index (χ0n) is 10.6. The third kappa shape index (κ3) is 4.42. The van der Waals surface area contributed by atoms with E-state index in [1.54, 1.807) is 24.3 Å². The lowest BCUT2D eigenvalue weighted by molar-refractivity contribution is -0.131. The Morgan fingerprint density at radius 1 is 1.05 bits per heavy atom. The highest BCUT2D eigenvalue weighted by Gasteiger charge is 1.92. The number of para-hydroxylation sites is 1. The number of aliphatic carboxylic acids is 1. The predicted molar refractivity (Wildman–Crippen MR) is 78.3 cm³/mol. The number of carboxylic acid groups (broad SMARTS) is 1. The summed E-state index contributed by atoms with van der Waals surface area (Å²) in [5, 5.41) is 8.53. The molecular weight excluding hydrogens is 254 g/mol. The van der Waals surface area contributed by atoms with Gasteiger partial charge in [-0.05, 0) is 35.9 Å². The zero-order valence-corrected chi connectivity index (χ0v) is 10.6. The molecule has 0 saturated carbocycles. The molecule has 2 aromatic rings. The van der Waals surface area contributed by atoms with Gasteiger partial charge in [-0.25, -0.2) is 9.79 Å². The van der Waals surface area contributed by atoms with E-state index in [9.17, 15) is 4.79 Å². The number of rotatable bonds is 5. The number of hydrogen-bond acceptors (Lipinski definition) is 3. The minimum atomic E-state index is -0.969. The van der Waals surface area contributed by atoms with Crippen molar-refractivity contribution in [1.82, 2.24) is 0 Å². The Hall–Kier alpha value is -2.88. The second-order valence-corrected chi connectivity index (χ2v) is 3.93. The second kappa shape index (κ2) is 6.89.